The molecule has 0 bridgehead atoms. The number of pyridine rings is 2. The summed E-state index contributed by atoms with van der Waals surface area (Å²) in [6.45, 7) is 1.77. The molecule has 0 spiro atoms. The van der Waals surface area contributed by atoms with Gasteiger partial charge in [-0.3, -0.25) is 14.6 Å². The first-order valence-corrected chi connectivity index (χ1v) is 7.84. The third-order valence-corrected chi connectivity index (χ3v) is 3.71. The Balaban J connectivity index is 1.71. The number of aromatic nitrogens is 4. The minimum atomic E-state index is -0.232. The fraction of sp³-hybridized carbons (Fsp3) is 0.167. The number of carbonyl (C=O) groups excluding carboxylic acids is 1. The average Bonchev–Trinajstić information content (AvgIpc) is 2.62. The number of anilines is 1. The fourth-order valence-corrected chi connectivity index (χ4v) is 2.43. The van der Waals surface area contributed by atoms with Crippen LogP contribution in [0, 0.1) is 6.92 Å². The molecule has 0 radical (unpaired) electrons. The van der Waals surface area contributed by atoms with Crippen molar-refractivity contribution < 1.29 is 4.79 Å². The number of amides is 1. The molecule has 0 fully saturated rings. The molecule has 2 N–H and O–H groups in total. The van der Waals surface area contributed by atoms with Crippen molar-refractivity contribution in [2.45, 2.75) is 19.8 Å². The molecule has 1 amide bonds. The van der Waals surface area contributed by atoms with Crippen LogP contribution in [0.2, 0.25) is 0 Å². The largest absolute Gasteiger partial charge is 0.311 e. The highest BCUT2D eigenvalue weighted by molar-refractivity contribution is 5.89. The number of hydrogen-bond donors (Lipinski definition) is 2. The lowest BCUT2D eigenvalue weighted by Crippen LogP contribution is -2.20. The molecule has 3 heterocycles. The van der Waals surface area contributed by atoms with Crippen molar-refractivity contribution in [1.29, 1.82) is 0 Å². The smallest absolute Gasteiger partial charge is 0.254 e. The molecule has 25 heavy (non-hydrogen) atoms. The second kappa shape index (κ2) is 7.48. The Morgan fingerprint density at radius 2 is 1.96 bits per heavy atom. The predicted molar refractivity (Wildman–Crippen MR) is 94.0 cm³/mol. The van der Waals surface area contributed by atoms with Crippen LogP contribution in [0.1, 0.15) is 17.7 Å². The van der Waals surface area contributed by atoms with E-state index in [1.807, 2.05) is 0 Å². The lowest BCUT2D eigenvalue weighted by molar-refractivity contribution is -0.116. The van der Waals surface area contributed by atoms with Crippen LogP contribution in [0.4, 0.5) is 5.82 Å². The quantitative estimate of drug-likeness (QED) is 0.744. The van der Waals surface area contributed by atoms with Crippen LogP contribution in [0.3, 0.4) is 0 Å². The standard InChI is InChI=1S/C18H17N5O2/c1-12-14(5-6-16(24)22-15-4-2-3-9-20-15)18(25)23-17(21-12)13-7-10-19-11-8-13/h2-4,7-11H,5-6H2,1H3,(H,20,22,24)(H,21,23,25). The van der Waals surface area contributed by atoms with Gasteiger partial charge >= 0.3 is 0 Å². The Kier molecular flexibility index (Phi) is 4.94. The molecule has 7 heteroatoms. The Hall–Kier alpha value is -3.35. The van der Waals surface area contributed by atoms with Crippen molar-refractivity contribution in [3.05, 3.63) is 70.5 Å². The van der Waals surface area contributed by atoms with Gasteiger partial charge in [0.25, 0.3) is 5.56 Å². The molecule has 0 atom stereocenters. The second-order valence-electron chi connectivity index (χ2n) is 5.48. The van der Waals surface area contributed by atoms with Crippen LogP contribution in [0.25, 0.3) is 11.4 Å². The van der Waals surface area contributed by atoms with E-state index in [4.69, 9.17) is 0 Å². The number of aromatic amines is 1. The number of hydrogen-bond acceptors (Lipinski definition) is 5. The van der Waals surface area contributed by atoms with Crippen LogP contribution in [0.5, 0.6) is 0 Å². The number of H-pyrrole nitrogens is 1. The molecule has 0 unspecified atom stereocenters. The molecule has 0 aliphatic rings. The van der Waals surface area contributed by atoms with Crippen LogP contribution in [0.15, 0.2) is 53.7 Å². The summed E-state index contributed by atoms with van der Waals surface area (Å²) in [5.41, 5.74) is 1.68. The molecule has 126 valence electrons. The van der Waals surface area contributed by atoms with Gasteiger partial charge in [-0.2, -0.15) is 0 Å². The molecule has 0 aromatic carbocycles. The normalized spacial score (nSPS) is 10.4. The van der Waals surface area contributed by atoms with Crippen molar-refractivity contribution in [3.8, 4) is 11.4 Å². The van der Waals surface area contributed by atoms with Gasteiger partial charge in [0, 0.05) is 41.8 Å². The van der Waals surface area contributed by atoms with E-state index in [9.17, 15) is 9.59 Å². The van der Waals surface area contributed by atoms with Gasteiger partial charge in [0.05, 0.1) is 0 Å². The van der Waals surface area contributed by atoms with Crippen LogP contribution < -0.4 is 10.9 Å². The molecule has 3 rings (SSSR count). The summed E-state index contributed by atoms with van der Waals surface area (Å²) in [6.07, 6.45) is 5.37. The Bertz CT molecular complexity index is 923. The molecular weight excluding hydrogens is 318 g/mol. The first-order valence-electron chi connectivity index (χ1n) is 7.84. The zero-order valence-corrected chi connectivity index (χ0v) is 13.7. The van der Waals surface area contributed by atoms with Crippen LogP contribution in [-0.4, -0.2) is 25.8 Å². The Labute approximate surface area is 144 Å². The van der Waals surface area contributed by atoms with Crippen LogP contribution >= 0.6 is 0 Å². The van der Waals surface area contributed by atoms with Gasteiger partial charge in [-0.05, 0) is 37.6 Å². The number of rotatable bonds is 5. The number of aryl methyl sites for hydroxylation is 1. The minimum Gasteiger partial charge on any atom is -0.311 e. The van der Waals surface area contributed by atoms with Crippen LogP contribution in [-0.2, 0) is 11.2 Å². The van der Waals surface area contributed by atoms with Crippen molar-refractivity contribution in [2.24, 2.45) is 0 Å². The van der Waals surface area contributed by atoms with Gasteiger partial charge < -0.3 is 10.3 Å². The highest BCUT2D eigenvalue weighted by Crippen LogP contribution is 2.13. The molecule has 0 aliphatic heterocycles. The molecule has 7 nitrogen and oxygen atoms in total. The van der Waals surface area contributed by atoms with Gasteiger partial charge in [0.1, 0.15) is 11.6 Å². The van der Waals surface area contributed by atoms with E-state index in [0.717, 1.165) is 5.56 Å². The summed E-state index contributed by atoms with van der Waals surface area (Å²) in [7, 11) is 0. The third kappa shape index (κ3) is 4.14. The Morgan fingerprint density at radius 1 is 1.16 bits per heavy atom. The van der Waals surface area contributed by atoms with Gasteiger partial charge in [0.2, 0.25) is 5.91 Å². The number of carbonyl (C=O) groups is 1. The van der Waals surface area contributed by atoms with E-state index in [2.05, 4.69) is 25.3 Å². The average molecular weight is 335 g/mol. The van der Waals surface area contributed by atoms with E-state index in [1.54, 1.807) is 55.8 Å². The predicted octanol–water partition coefficient (Wildman–Crippen LogP) is 2.11. The first-order chi connectivity index (χ1) is 12.1. The van der Waals surface area contributed by atoms with Crippen molar-refractivity contribution in [1.82, 2.24) is 19.9 Å². The lowest BCUT2D eigenvalue weighted by atomic mass is 10.1. The van der Waals surface area contributed by atoms with Gasteiger partial charge in [-0.1, -0.05) is 6.07 Å². The second-order valence-corrected chi connectivity index (χ2v) is 5.48. The van der Waals surface area contributed by atoms with Gasteiger partial charge in [-0.15, -0.1) is 0 Å². The zero-order chi connectivity index (χ0) is 17.6. The van der Waals surface area contributed by atoms with Gasteiger partial charge in [0.15, 0.2) is 0 Å². The summed E-state index contributed by atoms with van der Waals surface area (Å²) >= 11 is 0. The van der Waals surface area contributed by atoms with E-state index in [0.29, 0.717) is 29.3 Å². The molecule has 0 saturated heterocycles. The number of nitrogens with one attached hydrogen (secondary N) is 2. The summed E-state index contributed by atoms with van der Waals surface area (Å²) in [6, 6.07) is 8.82. The Morgan fingerprint density at radius 3 is 2.64 bits per heavy atom. The highest BCUT2D eigenvalue weighted by atomic mass is 16.1. The number of nitrogens with zero attached hydrogens (tertiary/aromatic N) is 3. The summed E-state index contributed by atoms with van der Waals surface area (Å²) in [5.74, 6) is 0.784. The molecule has 0 saturated carbocycles. The molecule has 3 aromatic rings. The first kappa shape index (κ1) is 16.5. The fourth-order valence-electron chi connectivity index (χ4n) is 2.43. The highest BCUT2D eigenvalue weighted by Gasteiger charge is 2.12. The summed E-state index contributed by atoms with van der Waals surface area (Å²) in [5, 5.41) is 2.70. The SMILES string of the molecule is Cc1nc(-c2ccncc2)[nH]c(=O)c1CCC(=O)Nc1ccccn1. The van der Waals surface area contributed by atoms with Crippen molar-refractivity contribution in [3.63, 3.8) is 0 Å². The third-order valence-electron chi connectivity index (χ3n) is 3.71. The van der Waals surface area contributed by atoms with E-state index < -0.39 is 0 Å². The zero-order valence-electron chi connectivity index (χ0n) is 13.7. The van der Waals surface area contributed by atoms with Gasteiger partial charge in [-0.25, -0.2) is 9.97 Å². The monoisotopic (exact) mass is 335 g/mol. The summed E-state index contributed by atoms with van der Waals surface area (Å²) < 4.78 is 0. The maximum Gasteiger partial charge on any atom is 0.254 e. The maximum absolute atomic E-state index is 12.3. The van der Waals surface area contributed by atoms with Crippen molar-refractivity contribution >= 4 is 11.7 Å². The van der Waals surface area contributed by atoms with E-state index in [1.165, 1.54) is 0 Å². The summed E-state index contributed by atoms with van der Waals surface area (Å²) in [4.78, 5) is 39.5. The topological polar surface area (TPSA) is 101 Å². The molecular formula is C18H17N5O2. The van der Waals surface area contributed by atoms with E-state index >= 15 is 0 Å². The lowest BCUT2D eigenvalue weighted by Gasteiger charge is -2.08. The minimum absolute atomic E-state index is 0.177. The maximum atomic E-state index is 12.3. The van der Waals surface area contributed by atoms with E-state index in [-0.39, 0.29) is 17.9 Å². The van der Waals surface area contributed by atoms with Crippen molar-refractivity contribution in [2.75, 3.05) is 5.32 Å². The molecule has 0 aliphatic carbocycles. The molecule has 3 aromatic heterocycles.